The number of amides is 1. The first-order valence-electron chi connectivity index (χ1n) is 10.6. The molecular weight excluding hydrogens is 439 g/mol. The van der Waals surface area contributed by atoms with Gasteiger partial charge in [0.1, 0.15) is 23.6 Å². The maximum atomic E-state index is 13.9. The average molecular weight is 464 g/mol. The number of hydrogen-bond donors (Lipinski definition) is 1. The van der Waals surface area contributed by atoms with Crippen LogP contribution < -0.4 is 15.9 Å². The smallest absolute Gasteiger partial charge is 0.274 e. The fourth-order valence-corrected chi connectivity index (χ4v) is 3.91. The van der Waals surface area contributed by atoms with Gasteiger partial charge in [-0.3, -0.25) is 14.4 Å². The summed E-state index contributed by atoms with van der Waals surface area (Å²) in [6.45, 7) is 3.29. The van der Waals surface area contributed by atoms with Gasteiger partial charge in [0, 0.05) is 56.1 Å². The third kappa shape index (κ3) is 4.12. The molecule has 9 heteroatoms. The summed E-state index contributed by atoms with van der Waals surface area (Å²) in [4.78, 5) is 42.2. The largest absolute Gasteiger partial charge is 0.455 e. The van der Waals surface area contributed by atoms with Gasteiger partial charge < -0.3 is 23.8 Å². The normalized spacial score (nSPS) is 11.1. The van der Waals surface area contributed by atoms with Crippen molar-refractivity contribution in [3.05, 3.63) is 80.5 Å². The molecule has 1 N–H and O–H groups in total. The van der Waals surface area contributed by atoms with Crippen LogP contribution in [0.1, 0.15) is 11.1 Å². The molecule has 0 atom stereocenters. The molecule has 34 heavy (non-hydrogen) atoms. The van der Waals surface area contributed by atoms with Crippen LogP contribution >= 0.6 is 0 Å². The van der Waals surface area contributed by atoms with Crippen molar-refractivity contribution in [2.45, 2.75) is 20.4 Å². The Bertz CT molecular complexity index is 1520. The van der Waals surface area contributed by atoms with E-state index in [0.717, 1.165) is 0 Å². The van der Waals surface area contributed by atoms with Crippen molar-refractivity contribution in [2.75, 3.05) is 14.1 Å². The van der Waals surface area contributed by atoms with Crippen LogP contribution in [0, 0.1) is 19.7 Å². The Morgan fingerprint density at radius 3 is 2.41 bits per heavy atom. The number of ether oxygens (including phenoxy) is 1. The number of H-pyrrole nitrogens is 1. The number of rotatable bonds is 5. The van der Waals surface area contributed by atoms with Crippen molar-refractivity contribution in [1.82, 2.24) is 19.0 Å². The molecule has 0 aliphatic rings. The van der Waals surface area contributed by atoms with Crippen LogP contribution in [-0.2, 0) is 18.4 Å². The Hall–Kier alpha value is -4.14. The topological polar surface area (TPSA) is 89.3 Å². The van der Waals surface area contributed by atoms with Gasteiger partial charge in [0.05, 0.1) is 6.20 Å². The molecule has 4 rings (SSSR count). The fourth-order valence-electron chi connectivity index (χ4n) is 3.91. The molecule has 0 aliphatic carbocycles. The molecular formula is C25H25FN4O4. The lowest BCUT2D eigenvalue weighted by molar-refractivity contribution is -0.129. The molecule has 8 nitrogen and oxygen atoms in total. The highest BCUT2D eigenvalue weighted by Crippen LogP contribution is 2.37. The number of carbonyl (C=O) groups excluding carboxylic acids is 1. The van der Waals surface area contributed by atoms with Crippen LogP contribution in [-0.4, -0.2) is 39.0 Å². The highest BCUT2D eigenvalue weighted by atomic mass is 19.1. The Balaban J connectivity index is 1.97. The van der Waals surface area contributed by atoms with Crippen molar-refractivity contribution in [2.24, 2.45) is 7.05 Å². The first kappa shape index (κ1) is 23.0. The molecule has 0 bridgehead atoms. The van der Waals surface area contributed by atoms with Gasteiger partial charge in [-0.15, -0.1) is 0 Å². The van der Waals surface area contributed by atoms with Crippen molar-refractivity contribution in [1.29, 1.82) is 0 Å². The summed E-state index contributed by atoms with van der Waals surface area (Å²) in [6.07, 6.45) is 4.77. The zero-order valence-corrected chi connectivity index (χ0v) is 19.6. The number of benzene rings is 1. The van der Waals surface area contributed by atoms with Crippen LogP contribution in [0.25, 0.3) is 22.0 Å². The van der Waals surface area contributed by atoms with E-state index >= 15 is 0 Å². The van der Waals surface area contributed by atoms with Crippen molar-refractivity contribution in [3.63, 3.8) is 0 Å². The summed E-state index contributed by atoms with van der Waals surface area (Å²) in [5.74, 6) is 0.105. The molecule has 0 radical (unpaired) electrons. The maximum Gasteiger partial charge on any atom is 0.274 e. The summed E-state index contributed by atoms with van der Waals surface area (Å²) in [5, 5.41) is 0.627. The highest BCUT2D eigenvalue weighted by Gasteiger charge is 2.19. The lowest BCUT2D eigenvalue weighted by atomic mass is 10.0. The van der Waals surface area contributed by atoms with E-state index in [4.69, 9.17) is 4.74 Å². The van der Waals surface area contributed by atoms with Crippen LogP contribution in [0.2, 0.25) is 0 Å². The quantitative estimate of drug-likeness (QED) is 0.491. The number of fused-ring (bicyclic) bond motifs is 1. The first-order valence-corrected chi connectivity index (χ1v) is 10.6. The van der Waals surface area contributed by atoms with E-state index in [0.29, 0.717) is 44.7 Å². The molecule has 0 aliphatic heterocycles. The number of aromatic nitrogens is 3. The Morgan fingerprint density at radius 1 is 1.09 bits per heavy atom. The third-order valence-corrected chi connectivity index (χ3v) is 5.72. The number of hydrogen-bond acceptors (Lipinski definition) is 4. The second-order valence-electron chi connectivity index (χ2n) is 8.50. The van der Waals surface area contributed by atoms with Crippen LogP contribution in [0.4, 0.5) is 4.39 Å². The van der Waals surface area contributed by atoms with E-state index in [2.05, 4.69) is 4.98 Å². The van der Waals surface area contributed by atoms with Crippen LogP contribution in [0.15, 0.2) is 52.4 Å². The summed E-state index contributed by atoms with van der Waals surface area (Å²) >= 11 is 0. The molecule has 0 unspecified atom stereocenters. The van der Waals surface area contributed by atoms with E-state index in [1.54, 1.807) is 53.5 Å². The van der Waals surface area contributed by atoms with Gasteiger partial charge in [-0.1, -0.05) is 0 Å². The molecule has 0 spiro atoms. The predicted octanol–water partition coefficient (Wildman–Crippen LogP) is 3.33. The van der Waals surface area contributed by atoms with Gasteiger partial charge in [-0.05, 0) is 43.2 Å². The average Bonchev–Trinajstić information content (AvgIpc) is 3.25. The second kappa shape index (κ2) is 8.66. The zero-order valence-electron chi connectivity index (χ0n) is 19.6. The number of nitrogens with one attached hydrogen (secondary N) is 1. The van der Waals surface area contributed by atoms with E-state index in [1.807, 2.05) is 0 Å². The predicted molar refractivity (Wildman–Crippen MR) is 128 cm³/mol. The second-order valence-corrected chi connectivity index (χ2v) is 8.50. The molecule has 1 aromatic carbocycles. The van der Waals surface area contributed by atoms with Crippen molar-refractivity contribution in [3.8, 4) is 22.6 Å². The minimum absolute atomic E-state index is 0.170. The Morgan fingerprint density at radius 2 is 1.76 bits per heavy atom. The van der Waals surface area contributed by atoms with Gasteiger partial charge in [0.15, 0.2) is 5.75 Å². The van der Waals surface area contributed by atoms with Gasteiger partial charge in [0.25, 0.3) is 11.1 Å². The van der Waals surface area contributed by atoms with E-state index in [1.165, 1.54) is 38.4 Å². The van der Waals surface area contributed by atoms with Gasteiger partial charge >= 0.3 is 0 Å². The number of pyridine rings is 2. The van der Waals surface area contributed by atoms with E-state index < -0.39 is 5.56 Å². The molecule has 0 saturated carbocycles. The summed E-state index contributed by atoms with van der Waals surface area (Å²) in [7, 11) is 4.84. The van der Waals surface area contributed by atoms with Crippen LogP contribution in [0.5, 0.6) is 11.5 Å². The molecule has 3 heterocycles. The highest BCUT2D eigenvalue weighted by molar-refractivity contribution is 5.95. The fraction of sp³-hybridized carbons (Fsp3) is 0.240. The van der Waals surface area contributed by atoms with Gasteiger partial charge in [-0.2, -0.15) is 0 Å². The lowest BCUT2D eigenvalue weighted by Gasteiger charge is -2.18. The van der Waals surface area contributed by atoms with Gasteiger partial charge in [0.2, 0.25) is 5.91 Å². The monoisotopic (exact) mass is 464 g/mol. The summed E-state index contributed by atoms with van der Waals surface area (Å²) in [6, 6.07) is 5.87. The Labute approximate surface area is 194 Å². The first-order chi connectivity index (χ1) is 16.1. The van der Waals surface area contributed by atoms with Crippen molar-refractivity contribution >= 4 is 16.8 Å². The molecule has 0 saturated heterocycles. The van der Waals surface area contributed by atoms with Crippen molar-refractivity contribution < 1.29 is 13.9 Å². The van der Waals surface area contributed by atoms with E-state index in [-0.39, 0.29) is 23.8 Å². The number of likely N-dealkylation sites (N-methyl/N-ethyl adjacent to an activating group) is 1. The number of carbonyl (C=O) groups is 1. The summed E-state index contributed by atoms with van der Waals surface area (Å²) in [5.41, 5.74) is 2.00. The number of halogens is 1. The summed E-state index contributed by atoms with van der Waals surface area (Å²) < 4.78 is 22.8. The van der Waals surface area contributed by atoms with E-state index in [9.17, 15) is 18.8 Å². The Kier molecular flexibility index (Phi) is 5.87. The minimum Gasteiger partial charge on any atom is -0.455 e. The number of nitrogens with zero attached hydrogens (tertiary/aromatic N) is 3. The third-order valence-electron chi connectivity index (χ3n) is 5.72. The molecule has 4 aromatic rings. The molecule has 3 aromatic heterocycles. The van der Waals surface area contributed by atoms with Gasteiger partial charge in [-0.25, -0.2) is 4.39 Å². The number of aryl methyl sites for hydroxylation is 3. The maximum absolute atomic E-state index is 13.9. The molecule has 1 amide bonds. The molecule has 0 fully saturated rings. The zero-order chi connectivity index (χ0) is 24.7. The number of aromatic amines is 1. The minimum atomic E-state index is -0.400. The SMILES string of the molecule is Cc1cc(F)cc(C)c1Oc1cn(CC(=O)N(C)C)c(=O)cc1-c1cn(C)c(=O)c2[nH]ccc12. The molecule has 176 valence electrons. The standard InChI is InChI=1S/C25H25FN4O4/c1-14-8-16(26)9-15(2)24(14)34-20-12-30(13-22(32)28(3)4)21(31)10-18(20)19-11-29(5)25(33)23-17(19)6-7-27-23/h6-12,27H,13H2,1-5H3. The van der Waals surface area contributed by atoms with Crippen LogP contribution in [0.3, 0.4) is 0 Å². The lowest BCUT2D eigenvalue weighted by Crippen LogP contribution is -2.31.